The number of carbonyl (C=O) groups excluding carboxylic acids is 3. The summed E-state index contributed by atoms with van der Waals surface area (Å²) in [5.41, 5.74) is 1.35. The van der Waals surface area contributed by atoms with E-state index in [4.69, 9.17) is 4.74 Å². The Kier molecular flexibility index (Phi) is 5.88. The fraction of sp³-hybridized carbons (Fsp3) is 0.250. The van der Waals surface area contributed by atoms with Crippen molar-refractivity contribution in [3.05, 3.63) is 59.9 Å². The third-order valence-electron chi connectivity index (χ3n) is 4.23. The second-order valence-electron chi connectivity index (χ2n) is 6.28. The molecule has 2 N–H and O–H groups in total. The van der Waals surface area contributed by atoms with Crippen molar-refractivity contribution in [2.75, 3.05) is 23.4 Å². The van der Waals surface area contributed by atoms with E-state index in [2.05, 4.69) is 10.6 Å². The first kappa shape index (κ1) is 19.3. The van der Waals surface area contributed by atoms with Gasteiger partial charge in [-0.3, -0.25) is 4.79 Å². The summed E-state index contributed by atoms with van der Waals surface area (Å²) >= 11 is 0. The first-order chi connectivity index (χ1) is 13.5. The van der Waals surface area contributed by atoms with Crippen molar-refractivity contribution in [3.8, 4) is 0 Å². The minimum Gasteiger partial charge on any atom is -0.462 e. The van der Waals surface area contributed by atoms with Crippen molar-refractivity contribution < 1.29 is 23.5 Å². The Morgan fingerprint density at radius 3 is 2.64 bits per heavy atom. The number of hydrogen-bond acceptors (Lipinski definition) is 4. The van der Waals surface area contributed by atoms with E-state index in [9.17, 15) is 18.8 Å². The molecule has 1 fully saturated rings. The standard InChI is InChI=1S/C20H20FN3O4/c1-2-28-19(26)13-6-8-15(9-7-13)22-20(27)23-16-11-18(25)24(12-16)17-5-3-4-14(21)10-17/h3-10,16H,2,11-12H2,1H3,(H2,22,23,27)/t16-/m1/s1. The zero-order valence-electron chi connectivity index (χ0n) is 15.3. The first-order valence-corrected chi connectivity index (χ1v) is 8.87. The zero-order valence-corrected chi connectivity index (χ0v) is 15.3. The van der Waals surface area contributed by atoms with E-state index in [0.717, 1.165) is 0 Å². The van der Waals surface area contributed by atoms with Gasteiger partial charge in [0.05, 0.1) is 18.2 Å². The third-order valence-corrected chi connectivity index (χ3v) is 4.23. The molecule has 0 saturated carbocycles. The molecule has 0 unspecified atom stereocenters. The van der Waals surface area contributed by atoms with Crippen molar-refractivity contribution in [1.29, 1.82) is 0 Å². The number of anilines is 2. The van der Waals surface area contributed by atoms with E-state index in [1.165, 1.54) is 23.1 Å². The molecule has 146 valence electrons. The van der Waals surface area contributed by atoms with E-state index >= 15 is 0 Å². The van der Waals surface area contributed by atoms with Gasteiger partial charge in [-0.1, -0.05) is 6.07 Å². The highest BCUT2D eigenvalue weighted by Crippen LogP contribution is 2.22. The van der Waals surface area contributed by atoms with Crippen molar-refractivity contribution in [2.45, 2.75) is 19.4 Å². The van der Waals surface area contributed by atoms with Crippen LogP contribution in [0.3, 0.4) is 0 Å². The zero-order chi connectivity index (χ0) is 20.1. The van der Waals surface area contributed by atoms with Gasteiger partial charge in [0.15, 0.2) is 0 Å². The summed E-state index contributed by atoms with van der Waals surface area (Å²) < 4.78 is 18.3. The Morgan fingerprint density at radius 1 is 1.21 bits per heavy atom. The fourth-order valence-electron chi connectivity index (χ4n) is 2.95. The largest absolute Gasteiger partial charge is 0.462 e. The Labute approximate surface area is 161 Å². The molecule has 0 spiro atoms. The van der Waals surface area contributed by atoms with E-state index in [-0.39, 0.29) is 25.5 Å². The summed E-state index contributed by atoms with van der Waals surface area (Å²) in [5, 5.41) is 5.39. The molecule has 1 aliphatic heterocycles. The third kappa shape index (κ3) is 4.64. The molecule has 0 radical (unpaired) electrons. The van der Waals surface area contributed by atoms with Gasteiger partial charge in [-0.25, -0.2) is 14.0 Å². The molecule has 0 bridgehead atoms. The smallest absolute Gasteiger partial charge is 0.338 e. The average Bonchev–Trinajstić information content (AvgIpc) is 3.02. The minimum atomic E-state index is -0.470. The lowest BCUT2D eigenvalue weighted by atomic mass is 10.2. The Morgan fingerprint density at radius 2 is 1.96 bits per heavy atom. The second kappa shape index (κ2) is 8.51. The lowest BCUT2D eigenvalue weighted by molar-refractivity contribution is -0.117. The Hall–Kier alpha value is -3.42. The normalized spacial score (nSPS) is 16.0. The van der Waals surface area contributed by atoms with Gasteiger partial charge in [0, 0.05) is 24.3 Å². The molecular formula is C20H20FN3O4. The molecule has 3 amide bonds. The number of ether oxygens (including phenoxy) is 1. The maximum atomic E-state index is 13.4. The number of nitrogens with one attached hydrogen (secondary N) is 2. The van der Waals surface area contributed by atoms with E-state index in [0.29, 0.717) is 16.9 Å². The Balaban J connectivity index is 1.55. The lowest BCUT2D eigenvalue weighted by Crippen LogP contribution is -2.39. The maximum absolute atomic E-state index is 13.4. The number of benzene rings is 2. The minimum absolute atomic E-state index is 0.131. The predicted molar refractivity (Wildman–Crippen MR) is 102 cm³/mol. The topological polar surface area (TPSA) is 87.7 Å². The summed E-state index contributed by atoms with van der Waals surface area (Å²) in [6.45, 7) is 2.27. The van der Waals surface area contributed by atoms with Crippen molar-refractivity contribution in [3.63, 3.8) is 0 Å². The van der Waals surface area contributed by atoms with Crippen LogP contribution in [0.1, 0.15) is 23.7 Å². The van der Waals surface area contributed by atoms with Crippen LogP contribution in [0, 0.1) is 5.82 Å². The lowest BCUT2D eigenvalue weighted by Gasteiger charge is -2.17. The van der Waals surface area contributed by atoms with Gasteiger partial charge in [0.2, 0.25) is 5.91 Å². The predicted octanol–water partition coefficient (Wildman–Crippen LogP) is 2.93. The SMILES string of the molecule is CCOC(=O)c1ccc(NC(=O)N[C@@H]2CC(=O)N(c3cccc(F)c3)C2)cc1. The fourth-order valence-corrected chi connectivity index (χ4v) is 2.95. The summed E-state index contributed by atoms with van der Waals surface area (Å²) in [7, 11) is 0. The summed E-state index contributed by atoms with van der Waals surface area (Å²) in [6, 6.07) is 11.2. The Bertz CT molecular complexity index is 885. The second-order valence-corrected chi connectivity index (χ2v) is 6.28. The van der Waals surface area contributed by atoms with Crippen LogP contribution in [0.5, 0.6) is 0 Å². The van der Waals surface area contributed by atoms with Crippen molar-refractivity contribution >= 4 is 29.3 Å². The molecule has 8 heteroatoms. The molecule has 7 nitrogen and oxygen atoms in total. The summed E-state index contributed by atoms with van der Waals surface area (Å²) in [4.78, 5) is 37.4. The van der Waals surface area contributed by atoms with E-state index < -0.39 is 23.9 Å². The van der Waals surface area contributed by atoms with Crippen molar-refractivity contribution in [1.82, 2.24) is 5.32 Å². The number of nitrogens with zero attached hydrogens (tertiary/aromatic N) is 1. The molecule has 1 saturated heterocycles. The number of halogens is 1. The number of amides is 3. The van der Waals surface area contributed by atoms with Crippen molar-refractivity contribution in [2.24, 2.45) is 0 Å². The number of urea groups is 1. The quantitative estimate of drug-likeness (QED) is 0.775. The molecule has 0 aromatic heterocycles. The number of rotatable bonds is 5. The van der Waals surface area contributed by atoms with E-state index in [1.807, 2.05) is 0 Å². The van der Waals surface area contributed by atoms with Crippen LogP contribution in [-0.2, 0) is 9.53 Å². The monoisotopic (exact) mass is 385 g/mol. The molecule has 1 atom stereocenters. The molecule has 2 aromatic carbocycles. The van der Waals surface area contributed by atoms with Gasteiger partial charge >= 0.3 is 12.0 Å². The summed E-state index contributed by atoms with van der Waals surface area (Å²) in [6.07, 6.45) is 0.131. The van der Waals surface area contributed by atoms with Crippen LogP contribution >= 0.6 is 0 Å². The van der Waals surface area contributed by atoms with Crippen LogP contribution in [0.15, 0.2) is 48.5 Å². The van der Waals surface area contributed by atoms with Gasteiger partial charge < -0.3 is 20.3 Å². The molecule has 0 aliphatic carbocycles. The number of hydrogen-bond donors (Lipinski definition) is 2. The first-order valence-electron chi connectivity index (χ1n) is 8.87. The van der Waals surface area contributed by atoms with Crippen LogP contribution in [-0.4, -0.2) is 37.1 Å². The molecular weight excluding hydrogens is 365 g/mol. The highest BCUT2D eigenvalue weighted by Gasteiger charge is 2.31. The molecule has 1 aliphatic rings. The van der Waals surface area contributed by atoms with Crippen LogP contribution in [0.2, 0.25) is 0 Å². The van der Waals surface area contributed by atoms with Crippen LogP contribution in [0.4, 0.5) is 20.6 Å². The van der Waals surface area contributed by atoms with Gasteiger partial charge in [-0.2, -0.15) is 0 Å². The van der Waals surface area contributed by atoms with Crippen LogP contribution < -0.4 is 15.5 Å². The van der Waals surface area contributed by atoms with Gasteiger partial charge in [0.1, 0.15) is 5.82 Å². The molecule has 1 heterocycles. The van der Waals surface area contributed by atoms with Gasteiger partial charge in [0.25, 0.3) is 0 Å². The maximum Gasteiger partial charge on any atom is 0.338 e. The number of carbonyl (C=O) groups is 3. The average molecular weight is 385 g/mol. The van der Waals surface area contributed by atoms with Crippen LogP contribution in [0.25, 0.3) is 0 Å². The molecule has 2 aromatic rings. The highest BCUT2D eigenvalue weighted by molar-refractivity contribution is 5.98. The van der Waals surface area contributed by atoms with Gasteiger partial charge in [-0.15, -0.1) is 0 Å². The van der Waals surface area contributed by atoms with Gasteiger partial charge in [-0.05, 0) is 49.4 Å². The summed E-state index contributed by atoms with van der Waals surface area (Å²) in [5.74, 6) is -1.04. The van der Waals surface area contributed by atoms with E-state index in [1.54, 1.807) is 37.3 Å². The highest BCUT2D eigenvalue weighted by atomic mass is 19.1. The number of esters is 1. The molecule has 3 rings (SSSR count). The molecule has 28 heavy (non-hydrogen) atoms.